The van der Waals surface area contributed by atoms with Gasteiger partial charge in [0.25, 0.3) is 0 Å². The van der Waals surface area contributed by atoms with Crippen molar-refractivity contribution in [2.24, 2.45) is 5.41 Å². The van der Waals surface area contributed by atoms with Gasteiger partial charge in [-0.1, -0.05) is 13.8 Å². The van der Waals surface area contributed by atoms with Crippen LogP contribution in [-0.4, -0.2) is 5.78 Å². The lowest BCUT2D eigenvalue weighted by molar-refractivity contribution is 0.0897. The van der Waals surface area contributed by atoms with Gasteiger partial charge in [-0.05, 0) is 12.3 Å². The van der Waals surface area contributed by atoms with Crippen molar-refractivity contribution >= 4 is 5.78 Å². The minimum atomic E-state index is -0.170. The molecule has 0 bridgehead atoms. The van der Waals surface area contributed by atoms with Crippen molar-refractivity contribution in [3.8, 4) is 0 Å². The molecule has 3 nitrogen and oxygen atoms in total. The molecule has 1 aromatic heterocycles. The first kappa shape index (κ1) is 10.1. The molecule has 1 heterocycles. The van der Waals surface area contributed by atoms with Crippen LogP contribution in [-0.2, 0) is 6.42 Å². The molecule has 0 atom stereocenters. The average molecular weight is 206 g/mol. The van der Waals surface area contributed by atoms with Crippen LogP contribution in [0.3, 0.4) is 0 Å². The Morgan fingerprint density at radius 2 is 1.93 bits per heavy atom. The second-order valence-corrected chi connectivity index (χ2v) is 4.99. The number of carbonyl (C=O) groups excluding carboxylic acids is 1. The first-order chi connectivity index (χ1) is 6.91. The molecule has 0 spiro atoms. The van der Waals surface area contributed by atoms with Crippen LogP contribution in [0.2, 0.25) is 0 Å². The Kier molecular flexibility index (Phi) is 2.07. The molecule has 0 fully saturated rings. The molecule has 80 valence electrons. The molecular weight excluding hydrogens is 192 g/mol. The summed E-state index contributed by atoms with van der Waals surface area (Å²) in [5.41, 5.74) is 0.503. The van der Waals surface area contributed by atoms with Crippen molar-refractivity contribution in [2.75, 3.05) is 0 Å². The molecule has 1 aliphatic rings. The Balaban J connectivity index is 2.65. The zero-order valence-electron chi connectivity index (χ0n) is 9.22. The maximum Gasteiger partial charge on any atom is 0.198 e. The lowest BCUT2D eigenvalue weighted by atomic mass is 9.76. The summed E-state index contributed by atoms with van der Waals surface area (Å²) in [6.07, 6.45) is 2.52. The third-order valence-corrected chi connectivity index (χ3v) is 2.80. The van der Waals surface area contributed by atoms with E-state index in [1.165, 1.54) is 6.26 Å². The minimum Gasteiger partial charge on any atom is -0.468 e. The predicted octanol–water partition coefficient (Wildman–Crippen LogP) is 2.10. The highest BCUT2D eigenvalue weighted by molar-refractivity contribution is 5.98. The number of fused-ring (bicyclic) bond motifs is 1. The lowest BCUT2D eigenvalue weighted by Gasteiger charge is -2.28. The van der Waals surface area contributed by atoms with Crippen LogP contribution >= 0.6 is 0 Å². The normalized spacial score (nSPS) is 18.7. The Bertz CT molecular complexity index is 480. The molecule has 15 heavy (non-hydrogen) atoms. The Morgan fingerprint density at radius 3 is 2.60 bits per heavy atom. The summed E-state index contributed by atoms with van der Waals surface area (Å²) in [4.78, 5) is 23.6. The van der Waals surface area contributed by atoms with Crippen LogP contribution in [0.15, 0.2) is 15.5 Å². The highest BCUT2D eigenvalue weighted by Crippen LogP contribution is 2.33. The van der Waals surface area contributed by atoms with Gasteiger partial charge in [0.2, 0.25) is 0 Å². The van der Waals surface area contributed by atoms with Gasteiger partial charge in [0.05, 0.1) is 6.26 Å². The molecule has 0 radical (unpaired) electrons. The number of carbonyl (C=O) groups is 1. The monoisotopic (exact) mass is 206 g/mol. The number of Topliss-reactive ketones (excluding diaryl/α,β-unsaturated/α-hetero) is 1. The molecule has 2 rings (SSSR count). The van der Waals surface area contributed by atoms with E-state index in [4.69, 9.17) is 4.42 Å². The Hall–Kier alpha value is -1.38. The average Bonchev–Trinajstić information content (AvgIpc) is 2.09. The van der Waals surface area contributed by atoms with Crippen molar-refractivity contribution in [1.82, 2.24) is 0 Å². The third kappa shape index (κ3) is 1.62. The van der Waals surface area contributed by atoms with Gasteiger partial charge < -0.3 is 4.42 Å². The standard InChI is InChI=1S/C12H14O3/c1-7-6-15-9-5-12(2,3)4-8(13)10(9)11(7)14/h6H,4-5H2,1-3H3. The van der Waals surface area contributed by atoms with E-state index in [0.717, 1.165) is 0 Å². The summed E-state index contributed by atoms with van der Waals surface area (Å²) in [6.45, 7) is 5.68. The van der Waals surface area contributed by atoms with E-state index in [1.807, 2.05) is 13.8 Å². The fourth-order valence-corrected chi connectivity index (χ4v) is 2.03. The summed E-state index contributed by atoms with van der Waals surface area (Å²) in [7, 11) is 0. The number of aryl methyl sites for hydroxylation is 1. The third-order valence-electron chi connectivity index (χ3n) is 2.80. The maximum atomic E-state index is 11.8. The van der Waals surface area contributed by atoms with E-state index in [1.54, 1.807) is 6.92 Å². The van der Waals surface area contributed by atoms with Crippen LogP contribution in [0.25, 0.3) is 0 Å². The van der Waals surface area contributed by atoms with E-state index < -0.39 is 0 Å². The van der Waals surface area contributed by atoms with Gasteiger partial charge in [0.15, 0.2) is 11.2 Å². The second kappa shape index (κ2) is 3.05. The topological polar surface area (TPSA) is 47.3 Å². The van der Waals surface area contributed by atoms with E-state index >= 15 is 0 Å². The Morgan fingerprint density at radius 1 is 1.27 bits per heavy atom. The van der Waals surface area contributed by atoms with Crippen LogP contribution in [0.5, 0.6) is 0 Å². The zero-order chi connectivity index (χ0) is 11.2. The van der Waals surface area contributed by atoms with Gasteiger partial charge in [-0.2, -0.15) is 0 Å². The van der Waals surface area contributed by atoms with E-state index in [0.29, 0.717) is 24.2 Å². The maximum absolute atomic E-state index is 11.8. The molecule has 0 saturated heterocycles. The van der Waals surface area contributed by atoms with Gasteiger partial charge in [-0.25, -0.2) is 0 Å². The Labute approximate surface area is 88.1 Å². The van der Waals surface area contributed by atoms with Gasteiger partial charge in [0, 0.05) is 18.4 Å². The molecule has 0 saturated carbocycles. The van der Waals surface area contributed by atoms with Crippen molar-refractivity contribution in [2.45, 2.75) is 33.6 Å². The second-order valence-electron chi connectivity index (χ2n) is 4.99. The van der Waals surface area contributed by atoms with Crippen molar-refractivity contribution in [3.05, 3.63) is 33.4 Å². The van der Waals surface area contributed by atoms with Crippen molar-refractivity contribution in [1.29, 1.82) is 0 Å². The smallest absolute Gasteiger partial charge is 0.198 e. The summed E-state index contributed by atoms with van der Waals surface area (Å²) in [6, 6.07) is 0. The highest BCUT2D eigenvalue weighted by Gasteiger charge is 2.34. The van der Waals surface area contributed by atoms with E-state index in [-0.39, 0.29) is 22.2 Å². The molecule has 3 heteroatoms. The minimum absolute atomic E-state index is 0.0845. The number of hydrogen-bond donors (Lipinski definition) is 0. The zero-order valence-corrected chi connectivity index (χ0v) is 9.22. The molecule has 1 aliphatic carbocycles. The largest absolute Gasteiger partial charge is 0.468 e. The van der Waals surface area contributed by atoms with Crippen LogP contribution in [0, 0.1) is 12.3 Å². The lowest BCUT2D eigenvalue weighted by Crippen LogP contribution is -2.32. The van der Waals surface area contributed by atoms with Crippen molar-refractivity contribution in [3.63, 3.8) is 0 Å². The van der Waals surface area contributed by atoms with Crippen molar-refractivity contribution < 1.29 is 9.21 Å². The van der Waals surface area contributed by atoms with Crippen LogP contribution in [0.4, 0.5) is 0 Å². The summed E-state index contributed by atoms with van der Waals surface area (Å²) in [5.74, 6) is 0.463. The predicted molar refractivity (Wildman–Crippen MR) is 56.1 cm³/mol. The molecule has 0 aliphatic heterocycles. The molecule has 0 amide bonds. The summed E-state index contributed by atoms with van der Waals surface area (Å²) in [5, 5.41) is 0. The van der Waals surface area contributed by atoms with Gasteiger partial charge in [-0.3, -0.25) is 9.59 Å². The number of ketones is 1. The molecule has 0 N–H and O–H groups in total. The summed E-state index contributed by atoms with van der Waals surface area (Å²) >= 11 is 0. The SMILES string of the molecule is Cc1coc2c(c1=O)C(=O)CC(C)(C)C2. The number of hydrogen-bond acceptors (Lipinski definition) is 3. The van der Waals surface area contributed by atoms with Gasteiger partial charge >= 0.3 is 0 Å². The van der Waals surface area contributed by atoms with Gasteiger partial charge in [0.1, 0.15) is 11.3 Å². The van der Waals surface area contributed by atoms with E-state index in [9.17, 15) is 9.59 Å². The van der Waals surface area contributed by atoms with Crippen LogP contribution < -0.4 is 5.43 Å². The first-order valence-corrected chi connectivity index (χ1v) is 5.05. The fraction of sp³-hybridized carbons (Fsp3) is 0.500. The fourth-order valence-electron chi connectivity index (χ4n) is 2.03. The first-order valence-electron chi connectivity index (χ1n) is 5.05. The molecule has 0 aromatic carbocycles. The van der Waals surface area contributed by atoms with Crippen LogP contribution in [0.1, 0.15) is 41.9 Å². The molecular formula is C12H14O3. The number of rotatable bonds is 0. The highest BCUT2D eigenvalue weighted by atomic mass is 16.3. The molecule has 1 aromatic rings. The van der Waals surface area contributed by atoms with Gasteiger partial charge in [-0.15, -0.1) is 0 Å². The molecule has 0 unspecified atom stereocenters. The van der Waals surface area contributed by atoms with E-state index in [2.05, 4.69) is 0 Å². The summed E-state index contributed by atoms with van der Waals surface area (Å²) < 4.78 is 5.35. The quantitative estimate of drug-likeness (QED) is 0.653.